The maximum Gasteiger partial charge on any atom is 0.0583 e. The quantitative estimate of drug-likeness (QED) is 0.893. The molecular weight excluding hydrogens is 230 g/mol. The van der Waals surface area contributed by atoms with Crippen molar-refractivity contribution in [1.82, 2.24) is 4.90 Å². The topological polar surface area (TPSA) is 23.5 Å². The van der Waals surface area contributed by atoms with Gasteiger partial charge >= 0.3 is 0 Å². The lowest BCUT2D eigenvalue weighted by atomic mass is 9.94. The second-order valence-electron chi connectivity index (χ2n) is 5.47. The van der Waals surface area contributed by atoms with Crippen molar-refractivity contribution in [2.75, 3.05) is 6.54 Å². The predicted molar refractivity (Wildman–Crippen MR) is 71.1 cm³/mol. The van der Waals surface area contributed by atoms with Crippen molar-refractivity contribution in [2.45, 2.75) is 50.8 Å². The largest absolute Gasteiger partial charge is 0.393 e. The van der Waals surface area contributed by atoms with Gasteiger partial charge in [-0.25, -0.2) is 0 Å². The molecule has 3 heteroatoms. The Hall–Kier alpha value is -0.380. The van der Waals surface area contributed by atoms with Crippen LogP contribution in [-0.4, -0.2) is 28.7 Å². The molecule has 0 radical (unpaired) electrons. The number of aliphatic hydroxyl groups is 1. The molecule has 1 aromatic heterocycles. The minimum atomic E-state index is -0.0388. The Morgan fingerprint density at radius 3 is 2.94 bits per heavy atom. The van der Waals surface area contributed by atoms with Crippen LogP contribution in [0, 0.1) is 5.92 Å². The minimum Gasteiger partial charge on any atom is -0.393 e. The van der Waals surface area contributed by atoms with E-state index in [-0.39, 0.29) is 6.10 Å². The van der Waals surface area contributed by atoms with Crippen molar-refractivity contribution in [3.63, 3.8) is 0 Å². The first-order valence-corrected chi connectivity index (χ1v) is 7.72. The summed E-state index contributed by atoms with van der Waals surface area (Å²) in [7, 11) is 0. The lowest BCUT2D eigenvalue weighted by molar-refractivity contribution is 0.0719. The number of hydrogen-bond donors (Lipinski definition) is 1. The summed E-state index contributed by atoms with van der Waals surface area (Å²) < 4.78 is 0. The molecule has 1 aliphatic carbocycles. The monoisotopic (exact) mass is 251 g/mol. The first-order chi connectivity index (χ1) is 8.34. The molecule has 3 rings (SSSR count). The molecule has 94 valence electrons. The van der Waals surface area contributed by atoms with E-state index >= 15 is 0 Å². The molecule has 17 heavy (non-hydrogen) atoms. The number of nitrogens with zero attached hydrogens (tertiary/aromatic N) is 1. The molecule has 3 unspecified atom stereocenters. The Labute approximate surface area is 107 Å². The van der Waals surface area contributed by atoms with Gasteiger partial charge in [0.1, 0.15) is 0 Å². The molecule has 3 atom stereocenters. The molecule has 0 spiro atoms. The fourth-order valence-electron chi connectivity index (χ4n) is 3.57. The van der Waals surface area contributed by atoms with Crippen LogP contribution in [-0.2, 0) is 6.54 Å². The van der Waals surface area contributed by atoms with E-state index in [1.54, 1.807) is 11.3 Å². The Morgan fingerprint density at radius 2 is 2.24 bits per heavy atom. The lowest BCUT2D eigenvalue weighted by Crippen LogP contribution is -2.38. The van der Waals surface area contributed by atoms with Gasteiger partial charge < -0.3 is 5.11 Å². The molecule has 1 aliphatic heterocycles. The zero-order valence-electron chi connectivity index (χ0n) is 10.2. The molecule has 2 aliphatic rings. The Balaban J connectivity index is 1.67. The molecule has 0 amide bonds. The standard InChI is InChI=1S/C14H21NOS/c16-14-5-1-3-12(14)13-4-2-7-15(13)9-11-6-8-17-10-11/h6,8,10,12-14,16H,1-5,7,9H2. The first kappa shape index (κ1) is 11.7. The average Bonchev–Trinajstić information content (AvgIpc) is 3.00. The summed E-state index contributed by atoms with van der Waals surface area (Å²) in [5.41, 5.74) is 1.44. The van der Waals surface area contributed by atoms with Crippen LogP contribution in [0.4, 0.5) is 0 Å². The van der Waals surface area contributed by atoms with Gasteiger partial charge in [0.2, 0.25) is 0 Å². The molecule has 1 N–H and O–H groups in total. The third kappa shape index (κ3) is 2.42. The summed E-state index contributed by atoms with van der Waals surface area (Å²) >= 11 is 1.78. The SMILES string of the molecule is OC1CCCC1C1CCCN1Cc1ccsc1. The van der Waals surface area contributed by atoms with Gasteiger partial charge in [0.05, 0.1) is 6.10 Å². The van der Waals surface area contributed by atoms with Gasteiger partial charge in [0, 0.05) is 18.5 Å². The zero-order chi connectivity index (χ0) is 11.7. The van der Waals surface area contributed by atoms with E-state index < -0.39 is 0 Å². The number of aliphatic hydroxyl groups excluding tert-OH is 1. The summed E-state index contributed by atoms with van der Waals surface area (Å²) in [6.45, 7) is 2.29. The van der Waals surface area contributed by atoms with Gasteiger partial charge in [-0.15, -0.1) is 0 Å². The third-order valence-electron chi connectivity index (χ3n) is 4.41. The van der Waals surface area contributed by atoms with Crippen molar-refractivity contribution in [2.24, 2.45) is 5.92 Å². The lowest BCUT2D eigenvalue weighted by Gasteiger charge is -2.31. The fourth-order valence-corrected chi connectivity index (χ4v) is 4.23. The van der Waals surface area contributed by atoms with Crippen molar-refractivity contribution >= 4 is 11.3 Å². The van der Waals surface area contributed by atoms with Gasteiger partial charge in [-0.1, -0.05) is 6.42 Å². The van der Waals surface area contributed by atoms with E-state index in [1.165, 1.54) is 37.8 Å². The van der Waals surface area contributed by atoms with Crippen LogP contribution < -0.4 is 0 Å². The van der Waals surface area contributed by atoms with Gasteiger partial charge in [0.15, 0.2) is 0 Å². The Kier molecular flexibility index (Phi) is 3.50. The molecule has 2 nitrogen and oxygen atoms in total. The van der Waals surface area contributed by atoms with Crippen LogP contribution in [0.25, 0.3) is 0 Å². The van der Waals surface area contributed by atoms with Gasteiger partial charge in [0.25, 0.3) is 0 Å². The average molecular weight is 251 g/mol. The minimum absolute atomic E-state index is 0.0388. The van der Waals surface area contributed by atoms with Crippen molar-refractivity contribution in [3.8, 4) is 0 Å². The van der Waals surface area contributed by atoms with Crippen LogP contribution in [0.15, 0.2) is 16.8 Å². The molecule has 0 aromatic carbocycles. The van der Waals surface area contributed by atoms with E-state index in [0.29, 0.717) is 12.0 Å². The highest BCUT2D eigenvalue weighted by molar-refractivity contribution is 7.07. The molecular formula is C14H21NOS. The summed E-state index contributed by atoms with van der Waals surface area (Å²) in [6.07, 6.45) is 6.01. The number of thiophene rings is 1. The summed E-state index contributed by atoms with van der Waals surface area (Å²) in [5.74, 6) is 0.538. The number of likely N-dealkylation sites (tertiary alicyclic amines) is 1. The van der Waals surface area contributed by atoms with Gasteiger partial charge in [-0.05, 0) is 54.6 Å². The van der Waals surface area contributed by atoms with E-state index in [9.17, 15) is 5.11 Å². The normalized spacial score (nSPS) is 34.5. The summed E-state index contributed by atoms with van der Waals surface area (Å²) in [4.78, 5) is 2.60. The van der Waals surface area contributed by atoms with Crippen LogP contribution >= 0.6 is 11.3 Å². The second-order valence-corrected chi connectivity index (χ2v) is 6.25. The van der Waals surface area contributed by atoms with Crippen LogP contribution in [0.2, 0.25) is 0 Å². The Bertz CT molecular complexity index is 351. The van der Waals surface area contributed by atoms with E-state index in [2.05, 4.69) is 21.7 Å². The fraction of sp³-hybridized carbons (Fsp3) is 0.714. The zero-order valence-corrected chi connectivity index (χ0v) is 11.0. The van der Waals surface area contributed by atoms with E-state index in [0.717, 1.165) is 13.0 Å². The molecule has 2 fully saturated rings. The van der Waals surface area contributed by atoms with E-state index in [1.807, 2.05) is 0 Å². The smallest absolute Gasteiger partial charge is 0.0583 e. The summed E-state index contributed by atoms with van der Waals surface area (Å²) in [5, 5.41) is 14.5. The van der Waals surface area contributed by atoms with E-state index in [4.69, 9.17) is 0 Å². The van der Waals surface area contributed by atoms with Crippen molar-refractivity contribution in [3.05, 3.63) is 22.4 Å². The predicted octanol–water partition coefficient (Wildman–Crippen LogP) is 2.87. The van der Waals surface area contributed by atoms with Gasteiger partial charge in [-0.2, -0.15) is 11.3 Å². The molecule has 1 aromatic rings. The second kappa shape index (κ2) is 5.09. The molecule has 1 saturated heterocycles. The van der Waals surface area contributed by atoms with Crippen molar-refractivity contribution in [1.29, 1.82) is 0 Å². The van der Waals surface area contributed by atoms with Crippen molar-refractivity contribution < 1.29 is 5.11 Å². The van der Waals surface area contributed by atoms with Crippen LogP contribution in [0.3, 0.4) is 0 Å². The number of rotatable bonds is 3. The third-order valence-corrected chi connectivity index (χ3v) is 5.14. The van der Waals surface area contributed by atoms with Crippen LogP contribution in [0.1, 0.15) is 37.7 Å². The maximum atomic E-state index is 10.1. The molecule has 1 saturated carbocycles. The highest BCUT2D eigenvalue weighted by Crippen LogP contribution is 2.36. The maximum absolute atomic E-state index is 10.1. The molecule has 0 bridgehead atoms. The first-order valence-electron chi connectivity index (χ1n) is 6.78. The van der Waals surface area contributed by atoms with Crippen LogP contribution in [0.5, 0.6) is 0 Å². The van der Waals surface area contributed by atoms with Gasteiger partial charge in [-0.3, -0.25) is 4.90 Å². The summed E-state index contributed by atoms with van der Waals surface area (Å²) in [6, 6.07) is 2.86. The highest BCUT2D eigenvalue weighted by atomic mass is 32.1. The highest BCUT2D eigenvalue weighted by Gasteiger charge is 2.37. The Morgan fingerprint density at radius 1 is 1.29 bits per heavy atom. The number of hydrogen-bond acceptors (Lipinski definition) is 3. The molecule has 2 heterocycles.